The third-order valence-corrected chi connectivity index (χ3v) is 4.91. The number of piperidine rings is 1. The van der Waals surface area contributed by atoms with Crippen molar-refractivity contribution >= 4 is 11.8 Å². The molecule has 4 rings (SSSR count). The Morgan fingerprint density at radius 2 is 1.92 bits per heavy atom. The van der Waals surface area contributed by atoms with E-state index in [1.54, 1.807) is 12.1 Å². The van der Waals surface area contributed by atoms with Crippen LogP contribution in [0.25, 0.3) is 11.3 Å². The Bertz CT molecular complexity index is 790. The summed E-state index contributed by atoms with van der Waals surface area (Å²) in [5, 5.41) is 9.32. The quantitative estimate of drug-likeness (QED) is 0.922. The normalized spacial score (nSPS) is 20.5. The lowest BCUT2D eigenvalue weighted by molar-refractivity contribution is -0.141. The molecule has 1 N–H and O–H groups in total. The van der Waals surface area contributed by atoms with Gasteiger partial charge in [0.15, 0.2) is 0 Å². The van der Waals surface area contributed by atoms with Crippen LogP contribution in [0.4, 0.5) is 10.2 Å². The number of aliphatic carboxylic acids is 1. The number of benzene rings is 1. The average Bonchev–Trinajstić information content (AvgIpc) is 3.47. The van der Waals surface area contributed by atoms with Gasteiger partial charge in [0.05, 0.1) is 11.6 Å². The van der Waals surface area contributed by atoms with Gasteiger partial charge in [-0.1, -0.05) is 0 Å². The van der Waals surface area contributed by atoms with E-state index < -0.39 is 5.97 Å². The largest absolute Gasteiger partial charge is 0.481 e. The highest BCUT2D eigenvalue weighted by Gasteiger charge is 2.30. The Morgan fingerprint density at radius 3 is 2.60 bits per heavy atom. The summed E-state index contributed by atoms with van der Waals surface area (Å²) in [5.41, 5.74) is 1.61. The van der Waals surface area contributed by atoms with Crippen LogP contribution in [0, 0.1) is 11.7 Å². The Labute approximate surface area is 145 Å². The second-order valence-electron chi connectivity index (χ2n) is 6.87. The number of rotatable bonds is 4. The lowest BCUT2D eigenvalue weighted by atomic mass is 9.98. The first-order valence-corrected chi connectivity index (χ1v) is 8.73. The molecule has 5 nitrogen and oxygen atoms in total. The molecule has 1 aliphatic carbocycles. The van der Waals surface area contributed by atoms with Gasteiger partial charge in [0.2, 0.25) is 0 Å². The van der Waals surface area contributed by atoms with Crippen molar-refractivity contribution in [1.82, 2.24) is 9.97 Å². The van der Waals surface area contributed by atoms with Crippen LogP contribution in [-0.2, 0) is 4.79 Å². The zero-order chi connectivity index (χ0) is 17.4. The molecule has 2 fully saturated rings. The number of carboxylic acids is 1. The summed E-state index contributed by atoms with van der Waals surface area (Å²) in [6.07, 6.45) is 3.72. The Kier molecular flexibility index (Phi) is 4.11. The molecule has 1 aromatic carbocycles. The molecule has 0 spiro atoms. The van der Waals surface area contributed by atoms with Crippen LogP contribution in [0.1, 0.15) is 37.4 Å². The highest BCUT2D eigenvalue weighted by atomic mass is 19.1. The van der Waals surface area contributed by atoms with Gasteiger partial charge in [-0.2, -0.15) is 0 Å². The molecule has 0 amide bonds. The van der Waals surface area contributed by atoms with Crippen molar-refractivity contribution in [3.05, 3.63) is 42.0 Å². The summed E-state index contributed by atoms with van der Waals surface area (Å²) in [6, 6.07) is 8.18. The van der Waals surface area contributed by atoms with Crippen molar-refractivity contribution in [3.8, 4) is 11.3 Å². The Balaban J connectivity index is 1.69. The molecule has 2 heterocycles. The minimum atomic E-state index is -0.750. The van der Waals surface area contributed by atoms with E-state index in [1.165, 1.54) is 12.1 Å². The second kappa shape index (κ2) is 6.43. The molecular weight excluding hydrogens is 321 g/mol. The third-order valence-electron chi connectivity index (χ3n) is 4.91. The zero-order valence-electron chi connectivity index (χ0n) is 13.9. The van der Waals surface area contributed by atoms with Gasteiger partial charge in [0.1, 0.15) is 17.5 Å². The number of nitrogens with zero attached hydrogens (tertiary/aromatic N) is 3. The van der Waals surface area contributed by atoms with Crippen LogP contribution >= 0.6 is 0 Å². The molecule has 1 aromatic heterocycles. The number of aromatic nitrogens is 2. The smallest absolute Gasteiger partial charge is 0.308 e. The van der Waals surface area contributed by atoms with Gasteiger partial charge in [-0.05, 0) is 49.9 Å². The van der Waals surface area contributed by atoms with E-state index in [0.29, 0.717) is 18.9 Å². The maximum atomic E-state index is 13.2. The van der Waals surface area contributed by atoms with E-state index in [2.05, 4.69) is 4.98 Å². The van der Waals surface area contributed by atoms with Crippen molar-refractivity contribution in [2.75, 3.05) is 18.0 Å². The first kappa shape index (κ1) is 16.0. The number of hydrogen-bond acceptors (Lipinski definition) is 4. The fourth-order valence-corrected chi connectivity index (χ4v) is 3.29. The van der Waals surface area contributed by atoms with E-state index in [9.17, 15) is 14.3 Å². The van der Waals surface area contributed by atoms with Gasteiger partial charge in [0, 0.05) is 30.6 Å². The second-order valence-corrected chi connectivity index (χ2v) is 6.87. The fourth-order valence-electron chi connectivity index (χ4n) is 3.29. The maximum absolute atomic E-state index is 13.2. The molecule has 0 bridgehead atoms. The fraction of sp³-hybridized carbons (Fsp3) is 0.421. The van der Waals surface area contributed by atoms with Gasteiger partial charge in [-0.25, -0.2) is 14.4 Å². The van der Waals surface area contributed by atoms with Gasteiger partial charge in [-0.15, -0.1) is 0 Å². The van der Waals surface area contributed by atoms with Gasteiger partial charge < -0.3 is 10.0 Å². The highest BCUT2D eigenvalue weighted by molar-refractivity contribution is 5.71. The summed E-state index contributed by atoms with van der Waals surface area (Å²) in [4.78, 5) is 22.8. The first-order chi connectivity index (χ1) is 12.1. The van der Waals surface area contributed by atoms with Crippen LogP contribution in [0.5, 0.6) is 0 Å². The minimum Gasteiger partial charge on any atom is -0.481 e. The van der Waals surface area contributed by atoms with E-state index in [-0.39, 0.29) is 11.7 Å². The first-order valence-electron chi connectivity index (χ1n) is 8.73. The molecular formula is C19H20FN3O2. The van der Waals surface area contributed by atoms with E-state index in [1.807, 2.05) is 11.0 Å². The number of hydrogen-bond donors (Lipinski definition) is 1. The van der Waals surface area contributed by atoms with Crippen molar-refractivity contribution in [2.45, 2.75) is 31.6 Å². The summed E-state index contributed by atoms with van der Waals surface area (Å²) < 4.78 is 13.2. The third kappa shape index (κ3) is 3.48. The Morgan fingerprint density at radius 1 is 1.16 bits per heavy atom. The van der Waals surface area contributed by atoms with E-state index in [4.69, 9.17) is 4.98 Å². The number of carboxylic acid groups (broad SMARTS) is 1. The number of anilines is 1. The highest BCUT2D eigenvalue weighted by Crippen LogP contribution is 2.39. The van der Waals surface area contributed by atoms with Crippen molar-refractivity contribution < 1.29 is 14.3 Å². The molecule has 0 unspecified atom stereocenters. The summed E-state index contributed by atoms with van der Waals surface area (Å²) in [6.45, 7) is 1.27. The van der Waals surface area contributed by atoms with Crippen LogP contribution in [-0.4, -0.2) is 34.1 Å². The molecule has 1 atom stereocenters. The Hall–Kier alpha value is -2.50. The summed E-state index contributed by atoms with van der Waals surface area (Å²) in [5.74, 6) is 0.596. The van der Waals surface area contributed by atoms with Crippen molar-refractivity contribution in [2.24, 2.45) is 5.92 Å². The number of carbonyl (C=O) groups is 1. The zero-order valence-corrected chi connectivity index (χ0v) is 13.9. The van der Waals surface area contributed by atoms with Crippen LogP contribution in [0.3, 0.4) is 0 Å². The molecule has 1 saturated carbocycles. The van der Waals surface area contributed by atoms with Crippen LogP contribution in [0.2, 0.25) is 0 Å². The molecule has 130 valence electrons. The van der Waals surface area contributed by atoms with Crippen LogP contribution in [0.15, 0.2) is 30.3 Å². The molecule has 2 aliphatic rings. The van der Waals surface area contributed by atoms with E-state index in [0.717, 1.165) is 48.7 Å². The standard InChI is InChI=1S/C19H20FN3O2/c20-15-7-5-12(6-8-15)16-10-17(22-18(21-16)13-3-4-13)23-9-1-2-14(11-23)19(24)25/h5-8,10,13-14H,1-4,9,11H2,(H,24,25)/t14-/m1/s1. The molecule has 1 aliphatic heterocycles. The molecule has 6 heteroatoms. The SMILES string of the molecule is O=C(O)[C@@H]1CCCN(c2cc(-c3ccc(F)cc3)nc(C3CC3)n2)C1. The van der Waals surface area contributed by atoms with Gasteiger partial charge >= 0.3 is 5.97 Å². The number of halogens is 1. The predicted octanol–water partition coefficient (Wildman–Crippen LogP) is 3.46. The molecule has 0 radical (unpaired) electrons. The van der Waals surface area contributed by atoms with E-state index >= 15 is 0 Å². The van der Waals surface area contributed by atoms with Gasteiger partial charge in [0.25, 0.3) is 0 Å². The van der Waals surface area contributed by atoms with Gasteiger partial charge in [-0.3, -0.25) is 4.79 Å². The lowest BCUT2D eigenvalue weighted by Crippen LogP contribution is -2.39. The lowest BCUT2D eigenvalue weighted by Gasteiger charge is -2.32. The molecule has 25 heavy (non-hydrogen) atoms. The monoisotopic (exact) mass is 341 g/mol. The maximum Gasteiger partial charge on any atom is 0.308 e. The minimum absolute atomic E-state index is 0.277. The topological polar surface area (TPSA) is 66.3 Å². The van der Waals surface area contributed by atoms with Crippen molar-refractivity contribution in [1.29, 1.82) is 0 Å². The molecule has 2 aromatic rings. The average molecular weight is 341 g/mol. The molecule has 1 saturated heterocycles. The van der Waals surface area contributed by atoms with Crippen LogP contribution < -0.4 is 4.90 Å². The van der Waals surface area contributed by atoms with Crippen molar-refractivity contribution in [3.63, 3.8) is 0 Å². The summed E-state index contributed by atoms with van der Waals surface area (Å²) >= 11 is 0. The summed E-state index contributed by atoms with van der Waals surface area (Å²) in [7, 11) is 0. The predicted molar refractivity (Wildman–Crippen MR) is 92.0 cm³/mol.